The third-order valence-electron chi connectivity index (χ3n) is 4.35. The molecule has 1 N–H and O–H groups in total. The van der Waals surface area contributed by atoms with Crippen LogP contribution < -0.4 is 10.2 Å². The highest BCUT2D eigenvalue weighted by Gasteiger charge is 2.30. The maximum Gasteiger partial charge on any atom is 0.298 e. The minimum atomic E-state index is -0.348. The fourth-order valence-electron chi connectivity index (χ4n) is 3.04. The van der Waals surface area contributed by atoms with Gasteiger partial charge in [0.25, 0.3) is 11.9 Å². The number of carbonyl (C=O) groups excluding carboxylic acids is 1. The van der Waals surface area contributed by atoms with Crippen molar-refractivity contribution >= 4 is 23.0 Å². The molecule has 7 heteroatoms. The van der Waals surface area contributed by atoms with Crippen LogP contribution in [0, 0.1) is 0 Å². The molecule has 1 aromatic heterocycles. The fourth-order valence-corrected chi connectivity index (χ4v) is 3.04. The second-order valence-electron chi connectivity index (χ2n) is 5.84. The molecule has 2 fully saturated rings. The Morgan fingerprint density at radius 1 is 1.22 bits per heavy atom. The second kappa shape index (κ2) is 6.17. The summed E-state index contributed by atoms with van der Waals surface area (Å²) in [5, 5.41) is 3.20. The van der Waals surface area contributed by atoms with Crippen LogP contribution in [0.3, 0.4) is 0 Å². The molecule has 2 aliphatic heterocycles. The molecule has 2 aromatic rings. The van der Waals surface area contributed by atoms with Crippen LogP contribution in [0.25, 0.3) is 11.1 Å². The van der Waals surface area contributed by atoms with Crippen molar-refractivity contribution in [3.8, 4) is 0 Å². The van der Waals surface area contributed by atoms with E-state index in [-0.39, 0.29) is 12.0 Å². The molecular formula is C16H20N4O3. The van der Waals surface area contributed by atoms with Crippen LogP contribution in [0.4, 0.5) is 6.01 Å². The Morgan fingerprint density at radius 3 is 2.78 bits per heavy atom. The molecule has 3 heterocycles. The number of nitrogens with one attached hydrogen (secondary N) is 1. The van der Waals surface area contributed by atoms with E-state index in [2.05, 4.69) is 15.2 Å². The molecule has 1 atom stereocenters. The maximum absolute atomic E-state index is 12.4. The number of piperazine rings is 1. The Balaban J connectivity index is 1.39. The Hall–Kier alpha value is -2.12. The predicted octanol–water partition coefficient (Wildman–Crippen LogP) is 0.465. The molecule has 2 aliphatic rings. The van der Waals surface area contributed by atoms with E-state index < -0.39 is 0 Å². The number of anilines is 1. The number of morpholine rings is 1. The maximum atomic E-state index is 12.4. The highest BCUT2D eigenvalue weighted by atomic mass is 16.5. The molecule has 1 aromatic carbocycles. The molecule has 1 unspecified atom stereocenters. The van der Waals surface area contributed by atoms with Crippen LogP contribution in [-0.4, -0.2) is 67.8 Å². The molecule has 0 bridgehead atoms. The number of nitrogens with zero attached hydrogens (tertiary/aromatic N) is 3. The summed E-state index contributed by atoms with van der Waals surface area (Å²) >= 11 is 0. The van der Waals surface area contributed by atoms with Gasteiger partial charge < -0.3 is 24.3 Å². The van der Waals surface area contributed by atoms with Gasteiger partial charge in [0.15, 0.2) is 5.58 Å². The molecule has 0 saturated carbocycles. The molecule has 7 nitrogen and oxygen atoms in total. The summed E-state index contributed by atoms with van der Waals surface area (Å²) in [4.78, 5) is 20.9. The van der Waals surface area contributed by atoms with Gasteiger partial charge in [0.2, 0.25) is 0 Å². The van der Waals surface area contributed by atoms with Crippen molar-refractivity contribution in [1.82, 2.24) is 15.2 Å². The minimum absolute atomic E-state index is 0.0782. The number of oxazole rings is 1. The van der Waals surface area contributed by atoms with Gasteiger partial charge in [-0.3, -0.25) is 4.79 Å². The van der Waals surface area contributed by atoms with E-state index in [9.17, 15) is 4.79 Å². The number of ether oxygens (including phenoxy) is 1. The zero-order chi connectivity index (χ0) is 15.6. The summed E-state index contributed by atoms with van der Waals surface area (Å²) in [5.41, 5.74) is 1.66. The lowest BCUT2D eigenvalue weighted by atomic mass is 10.2. The minimum Gasteiger partial charge on any atom is -0.423 e. The molecular weight excluding hydrogens is 296 g/mol. The van der Waals surface area contributed by atoms with Gasteiger partial charge in [-0.1, -0.05) is 12.1 Å². The molecule has 2 saturated heterocycles. The number of hydrogen-bond donors (Lipinski definition) is 1. The number of fused-ring (bicyclic) bond motifs is 1. The number of hydrogen-bond acceptors (Lipinski definition) is 6. The molecule has 122 valence electrons. The lowest BCUT2D eigenvalue weighted by Crippen LogP contribution is -2.55. The summed E-state index contributed by atoms with van der Waals surface area (Å²) < 4.78 is 11.3. The van der Waals surface area contributed by atoms with Gasteiger partial charge in [-0.2, -0.15) is 4.98 Å². The van der Waals surface area contributed by atoms with E-state index in [1.54, 1.807) is 0 Å². The molecule has 1 amide bonds. The number of rotatable bonds is 2. The van der Waals surface area contributed by atoms with Gasteiger partial charge in [0.1, 0.15) is 11.6 Å². The topological polar surface area (TPSA) is 70.8 Å². The highest BCUT2D eigenvalue weighted by Crippen LogP contribution is 2.22. The fraction of sp³-hybridized carbons (Fsp3) is 0.500. The van der Waals surface area contributed by atoms with E-state index in [1.807, 2.05) is 29.2 Å². The van der Waals surface area contributed by atoms with E-state index in [1.165, 1.54) is 0 Å². The number of para-hydroxylation sites is 2. The Morgan fingerprint density at radius 2 is 2.04 bits per heavy atom. The molecule has 0 spiro atoms. The van der Waals surface area contributed by atoms with E-state index >= 15 is 0 Å². The van der Waals surface area contributed by atoms with Gasteiger partial charge in [0, 0.05) is 39.3 Å². The zero-order valence-electron chi connectivity index (χ0n) is 12.9. The van der Waals surface area contributed by atoms with Crippen molar-refractivity contribution in [2.75, 3.05) is 50.8 Å². The molecule has 23 heavy (non-hydrogen) atoms. The van der Waals surface area contributed by atoms with Gasteiger partial charge >= 0.3 is 0 Å². The summed E-state index contributed by atoms with van der Waals surface area (Å²) in [6.45, 7) is 4.78. The smallest absolute Gasteiger partial charge is 0.298 e. The predicted molar refractivity (Wildman–Crippen MR) is 85.4 cm³/mol. The molecule has 4 rings (SSSR count). The standard InChI is InChI=1S/C16H20N4O3/c21-15(14-11-17-5-10-22-14)19-6-8-20(9-7-19)16-18-12-3-1-2-4-13(12)23-16/h1-4,14,17H,5-11H2. The number of aromatic nitrogens is 1. The van der Waals surface area contributed by atoms with Crippen LogP contribution >= 0.6 is 0 Å². The van der Waals surface area contributed by atoms with Crippen molar-refractivity contribution in [1.29, 1.82) is 0 Å². The lowest BCUT2D eigenvalue weighted by Gasteiger charge is -2.36. The number of amides is 1. The Kier molecular flexibility index (Phi) is 3.88. The largest absolute Gasteiger partial charge is 0.423 e. The van der Waals surface area contributed by atoms with Gasteiger partial charge in [-0.05, 0) is 12.1 Å². The van der Waals surface area contributed by atoms with Gasteiger partial charge in [-0.25, -0.2) is 0 Å². The third kappa shape index (κ3) is 2.89. The van der Waals surface area contributed by atoms with Crippen molar-refractivity contribution in [2.45, 2.75) is 6.10 Å². The number of benzene rings is 1. The Labute approximate surface area is 134 Å². The van der Waals surface area contributed by atoms with Gasteiger partial charge in [-0.15, -0.1) is 0 Å². The zero-order valence-corrected chi connectivity index (χ0v) is 12.9. The van der Waals surface area contributed by atoms with Gasteiger partial charge in [0.05, 0.1) is 6.61 Å². The van der Waals surface area contributed by atoms with Crippen molar-refractivity contribution in [2.24, 2.45) is 0 Å². The van der Waals surface area contributed by atoms with Crippen molar-refractivity contribution in [3.63, 3.8) is 0 Å². The first kappa shape index (κ1) is 14.5. The van der Waals surface area contributed by atoms with Crippen molar-refractivity contribution in [3.05, 3.63) is 24.3 Å². The van der Waals surface area contributed by atoms with Crippen LogP contribution in [-0.2, 0) is 9.53 Å². The third-order valence-corrected chi connectivity index (χ3v) is 4.35. The van der Waals surface area contributed by atoms with Crippen LogP contribution in [0.2, 0.25) is 0 Å². The SMILES string of the molecule is O=C(C1CNCCO1)N1CCN(c2nc3ccccc3o2)CC1. The van der Waals surface area contributed by atoms with Crippen LogP contribution in [0.15, 0.2) is 28.7 Å². The monoisotopic (exact) mass is 316 g/mol. The first-order chi connectivity index (χ1) is 11.3. The summed E-state index contributed by atoms with van der Waals surface area (Å²) in [6.07, 6.45) is -0.348. The van der Waals surface area contributed by atoms with Crippen LogP contribution in [0.1, 0.15) is 0 Å². The average Bonchev–Trinajstić information content (AvgIpc) is 3.06. The summed E-state index contributed by atoms with van der Waals surface area (Å²) in [6, 6.07) is 8.37. The summed E-state index contributed by atoms with van der Waals surface area (Å²) in [7, 11) is 0. The quantitative estimate of drug-likeness (QED) is 0.868. The number of carbonyl (C=O) groups is 1. The van der Waals surface area contributed by atoms with Crippen molar-refractivity contribution < 1.29 is 13.9 Å². The molecule has 0 radical (unpaired) electrons. The summed E-state index contributed by atoms with van der Waals surface area (Å²) in [5.74, 6) is 0.0782. The average molecular weight is 316 g/mol. The first-order valence-corrected chi connectivity index (χ1v) is 8.03. The highest BCUT2D eigenvalue weighted by molar-refractivity contribution is 5.81. The Bertz CT molecular complexity index is 654. The molecule has 0 aliphatic carbocycles. The van der Waals surface area contributed by atoms with E-state index in [0.717, 1.165) is 30.7 Å². The van der Waals surface area contributed by atoms with E-state index in [4.69, 9.17) is 9.15 Å². The second-order valence-corrected chi connectivity index (χ2v) is 5.84. The normalized spacial score (nSPS) is 22.5. The lowest BCUT2D eigenvalue weighted by molar-refractivity contribution is -0.145. The van der Waals surface area contributed by atoms with E-state index in [0.29, 0.717) is 32.3 Å². The first-order valence-electron chi connectivity index (χ1n) is 8.03. The van der Waals surface area contributed by atoms with Crippen LogP contribution in [0.5, 0.6) is 0 Å².